The Hall–Kier alpha value is -2.35. The molecular formula is C16H14F2IN7O2. The number of morpholine rings is 1. The van der Waals surface area contributed by atoms with E-state index in [1.807, 2.05) is 6.07 Å². The fourth-order valence-corrected chi connectivity index (χ4v) is 4.18. The fourth-order valence-electron chi connectivity index (χ4n) is 3.67. The molecule has 0 saturated carbocycles. The molecule has 9 nitrogen and oxygen atoms in total. The van der Waals surface area contributed by atoms with Gasteiger partial charge in [-0.1, -0.05) is 0 Å². The Morgan fingerprint density at radius 3 is 3.00 bits per heavy atom. The van der Waals surface area contributed by atoms with Crippen molar-refractivity contribution in [3.63, 3.8) is 0 Å². The minimum atomic E-state index is -2.80. The van der Waals surface area contributed by atoms with Crippen LogP contribution in [0.3, 0.4) is 0 Å². The molecule has 2 fully saturated rings. The lowest BCUT2D eigenvalue weighted by Crippen LogP contribution is -2.37. The van der Waals surface area contributed by atoms with Gasteiger partial charge in [0.2, 0.25) is 0 Å². The van der Waals surface area contributed by atoms with Crippen LogP contribution < -0.4 is 10.2 Å². The van der Waals surface area contributed by atoms with Crippen molar-refractivity contribution in [2.45, 2.75) is 25.0 Å². The molecular weight excluding hydrogens is 487 g/mol. The number of carbonyl (C=O) groups excluding carboxylic acids is 1. The number of rotatable bonds is 4. The number of anilines is 2. The second-order valence-electron chi connectivity index (χ2n) is 6.68. The second-order valence-corrected chi connectivity index (χ2v) is 7.67. The Balaban J connectivity index is 1.46. The van der Waals surface area contributed by atoms with Crippen LogP contribution in [0.1, 0.15) is 28.9 Å². The lowest BCUT2D eigenvalue weighted by molar-refractivity contribution is 0.0988. The molecule has 1 N–H and O–H groups in total. The molecule has 2 bridgehead atoms. The number of hydrogen-bond acceptors (Lipinski definition) is 6. The minimum absolute atomic E-state index is 0.0427. The summed E-state index contributed by atoms with van der Waals surface area (Å²) in [6, 6.07) is 2.13. The van der Waals surface area contributed by atoms with Gasteiger partial charge in [0.1, 0.15) is 11.4 Å². The van der Waals surface area contributed by atoms with Crippen molar-refractivity contribution < 1.29 is 18.3 Å². The number of amides is 1. The normalized spacial score (nSPS) is 21.2. The van der Waals surface area contributed by atoms with Crippen LogP contribution in [0.5, 0.6) is 0 Å². The molecule has 0 aromatic carbocycles. The van der Waals surface area contributed by atoms with Crippen LogP contribution in [0.2, 0.25) is 0 Å². The second kappa shape index (κ2) is 6.62. The molecule has 28 heavy (non-hydrogen) atoms. The number of halogens is 3. The SMILES string of the molecule is O=C(Nc1cn(I)nc1C(F)F)c1cnn2ccc(N3C[C@H]4C[C@@H]3CO4)nc12. The first-order chi connectivity index (χ1) is 13.5. The van der Waals surface area contributed by atoms with Gasteiger partial charge in [0.05, 0.1) is 59.7 Å². The quantitative estimate of drug-likeness (QED) is 0.553. The zero-order chi connectivity index (χ0) is 19.4. The Morgan fingerprint density at radius 1 is 1.43 bits per heavy atom. The van der Waals surface area contributed by atoms with E-state index in [-0.39, 0.29) is 23.4 Å². The summed E-state index contributed by atoms with van der Waals surface area (Å²) in [5.41, 5.74) is 0.0305. The summed E-state index contributed by atoms with van der Waals surface area (Å²) in [6.07, 6.45) is 2.81. The maximum atomic E-state index is 13.1. The highest BCUT2D eigenvalue weighted by molar-refractivity contribution is 14.1. The van der Waals surface area contributed by atoms with Crippen molar-refractivity contribution in [1.82, 2.24) is 22.6 Å². The molecule has 12 heteroatoms. The predicted octanol–water partition coefficient (Wildman–Crippen LogP) is 2.29. The average Bonchev–Trinajstić information content (AvgIpc) is 3.43. The fraction of sp³-hybridized carbons (Fsp3) is 0.375. The van der Waals surface area contributed by atoms with Crippen LogP contribution >= 0.6 is 22.9 Å². The molecule has 2 aliphatic heterocycles. The monoisotopic (exact) mass is 501 g/mol. The van der Waals surface area contributed by atoms with E-state index in [1.165, 1.54) is 19.8 Å². The van der Waals surface area contributed by atoms with Crippen LogP contribution in [0.15, 0.2) is 24.7 Å². The smallest absolute Gasteiger partial charge is 0.284 e. The van der Waals surface area contributed by atoms with Crippen LogP contribution in [0, 0.1) is 0 Å². The zero-order valence-electron chi connectivity index (χ0n) is 14.3. The highest BCUT2D eigenvalue weighted by Crippen LogP contribution is 2.32. The molecule has 2 saturated heterocycles. The molecule has 0 spiro atoms. The topological polar surface area (TPSA) is 89.6 Å². The lowest BCUT2D eigenvalue weighted by Gasteiger charge is -2.27. The van der Waals surface area contributed by atoms with E-state index in [0.29, 0.717) is 12.3 Å². The van der Waals surface area contributed by atoms with Gasteiger partial charge in [-0.2, -0.15) is 10.2 Å². The molecule has 2 aliphatic rings. The number of nitrogens with one attached hydrogen (secondary N) is 1. The maximum absolute atomic E-state index is 13.1. The maximum Gasteiger partial charge on any atom is 0.284 e. The zero-order valence-corrected chi connectivity index (χ0v) is 16.5. The number of carbonyl (C=O) groups is 1. The van der Waals surface area contributed by atoms with E-state index < -0.39 is 18.0 Å². The number of hydrogen-bond donors (Lipinski definition) is 1. The van der Waals surface area contributed by atoms with Crippen molar-refractivity contribution >= 4 is 45.9 Å². The molecule has 146 valence electrons. The highest BCUT2D eigenvalue weighted by atomic mass is 127. The van der Waals surface area contributed by atoms with Crippen LogP contribution in [-0.2, 0) is 4.74 Å². The van der Waals surface area contributed by atoms with E-state index in [9.17, 15) is 13.6 Å². The lowest BCUT2D eigenvalue weighted by atomic mass is 10.2. The van der Waals surface area contributed by atoms with Gasteiger partial charge < -0.3 is 15.0 Å². The first-order valence-electron chi connectivity index (χ1n) is 8.57. The average molecular weight is 501 g/mol. The standard InChI is InChI=1S/C16H14F2IN7O2/c17-14(18)13-11(6-26(19)23-13)21-16(27)10-4-20-25-2-1-12(22-15(10)25)24-5-9-3-8(24)7-28-9/h1-2,4,6,8-9,14H,3,5,7H2,(H,21,27)/t8-,9-/m1/s1. The van der Waals surface area contributed by atoms with E-state index >= 15 is 0 Å². The first kappa shape index (κ1) is 17.7. The molecule has 0 radical (unpaired) electrons. The molecule has 0 aliphatic carbocycles. The summed E-state index contributed by atoms with van der Waals surface area (Å²) in [4.78, 5) is 19.5. The first-order valence-corrected chi connectivity index (χ1v) is 9.54. The summed E-state index contributed by atoms with van der Waals surface area (Å²) in [5.74, 6) is 0.170. The Labute approximate surface area is 171 Å². The number of ether oxygens (including phenoxy) is 1. The number of nitrogens with zero attached hydrogens (tertiary/aromatic N) is 6. The van der Waals surface area contributed by atoms with Gasteiger partial charge in [0, 0.05) is 12.7 Å². The highest BCUT2D eigenvalue weighted by Gasteiger charge is 2.39. The third-order valence-corrected chi connectivity index (χ3v) is 5.46. The van der Waals surface area contributed by atoms with Crippen molar-refractivity contribution in [2.75, 3.05) is 23.4 Å². The van der Waals surface area contributed by atoms with Gasteiger partial charge in [0.15, 0.2) is 11.3 Å². The minimum Gasteiger partial charge on any atom is -0.374 e. The van der Waals surface area contributed by atoms with Gasteiger partial charge in [-0.15, -0.1) is 0 Å². The number of fused-ring (bicyclic) bond motifs is 3. The van der Waals surface area contributed by atoms with Crippen molar-refractivity contribution in [1.29, 1.82) is 0 Å². The summed E-state index contributed by atoms with van der Waals surface area (Å²) in [6.45, 7) is 1.43. The number of aromatic nitrogens is 5. The van der Waals surface area contributed by atoms with Gasteiger partial charge in [0.25, 0.3) is 12.3 Å². The van der Waals surface area contributed by atoms with E-state index in [0.717, 1.165) is 18.8 Å². The van der Waals surface area contributed by atoms with Crippen LogP contribution in [0.4, 0.5) is 20.3 Å². The Kier molecular flexibility index (Phi) is 4.19. The Bertz CT molecular complexity index is 1070. The van der Waals surface area contributed by atoms with Crippen LogP contribution in [-0.4, -0.2) is 53.8 Å². The Morgan fingerprint density at radius 2 is 2.29 bits per heavy atom. The third-order valence-electron chi connectivity index (χ3n) is 4.96. The molecule has 0 unspecified atom stereocenters. The van der Waals surface area contributed by atoms with Gasteiger partial charge in [-0.25, -0.2) is 21.2 Å². The van der Waals surface area contributed by atoms with E-state index in [4.69, 9.17) is 4.74 Å². The third kappa shape index (κ3) is 2.90. The van der Waals surface area contributed by atoms with Crippen molar-refractivity contribution in [3.8, 4) is 0 Å². The summed E-state index contributed by atoms with van der Waals surface area (Å²) >= 11 is 1.75. The predicted molar refractivity (Wildman–Crippen MR) is 103 cm³/mol. The van der Waals surface area contributed by atoms with Gasteiger partial charge >= 0.3 is 0 Å². The summed E-state index contributed by atoms with van der Waals surface area (Å²) < 4.78 is 34.5. The van der Waals surface area contributed by atoms with Crippen molar-refractivity contribution in [2.24, 2.45) is 0 Å². The van der Waals surface area contributed by atoms with E-state index in [2.05, 4.69) is 25.4 Å². The largest absolute Gasteiger partial charge is 0.374 e. The molecule has 3 aromatic heterocycles. The van der Waals surface area contributed by atoms with Crippen LogP contribution in [0.25, 0.3) is 5.65 Å². The molecule has 2 atom stereocenters. The van der Waals surface area contributed by atoms with Gasteiger partial charge in [-0.05, 0) is 12.5 Å². The van der Waals surface area contributed by atoms with Gasteiger partial charge in [-0.3, -0.25) is 4.79 Å². The number of alkyl halides is 2. The molecule has 3 aromatic rings. The summed E-state index contributed by atoms with van der Waals surface area (Å²) in [5, 5.41) is 10.3. The summed E-state index contributed by atoms with van der Waals surface area (Å²) in [7, 11) is 0. The molecule has 5 heterocycles. The van der Waals surface area contributed by atoms with Crippen molar-refractivity contribution in [3.05, 3.63) is 35.9 Å². The molecule has 1 amide bonds. The van der Waals surface area contributed by atoms with E-state index in [1.54, 1.807) is 29.1 Å². The molecule has 5 rings (SSSR count).